The first-order valence-electron chi connectivity index (χ1n) is 6.65. The molecule has 2 unspecified atom stereocenters. The van der Waals surface area contributed by atoms with Crippen LogP contribution in [0.15, 0.2) is 30.5 Å². The average molecular weight is 258 g/mol. The van der Waals surface area contributed by atoms with Crippen LogP contribution in [0.3, 0.4) is 0 Å². The number of nitrogens with zero attached hydrogens (tertiary/aromatic N) is 1. The smallest absolute Gasteiger partial charge is 0.134 e. The van der Waals surface area contributed by atoms with Gasteiger partial charge in [0, 0.05) is 18.7 Å². The first kappa shape index (κ1) is 12.2. The molecule has 19 heavy (non-hydrogen) atoms. The second-order valence-corrected chi connectivity index (χ2v) is 5.02. The molecular formula is C15H18N2O2. The van der Waals surface area contributed by atoms with E-state index >= 15 is 0 Å². The number of hydrogen-bond acceptors (Lipinski definition) is 4. The van der Waals surface area contributed by atoms with E-state index in [0.717, 1.165) is 29.4 Å². The highest BCUT2D eigenvalue weighted by molar-refractivity contribution is 5.92. The van der Waals surface area contributed by atoms with Crippen LogP contribution in [-0.4, -0.2) is 29.3 Å². The minimum Gasteiger partial charge on any atom is -0.508 e. The number of nitrogens with one attached hydrogen (secondary N) is 1. The van der Waals surface area contributed by atoms with Gasteiger partial charge in [-0.15, -0.1) is 0 Å². The Hall–Kier alpha value is -1.81. The average Bonchev–Trinajstić information content (AvgIpc) is 2.87. The third kappa shape index (κ3) is 2.36. The molecule has 1 aromatic carbocycles. The molecule has 3 rings (SSSR count). The Morgan fingerprint density at radius 2 is 2.21 bits per heavy atom. The number of hydrogen-bond donors (Lipinski definition) is 2. The van der Waals surface area contributed by atoms with Gasteiger partial charge in [-0.25, -0.2) is 4.98 Å². The quantitative estimate of drug-likeness (QED) is 0.888. The fourth-order valence-electron chi connectivity index (χ4n) is 2.82. The number of benzene rings is 1. The molecule has 4 nitrogen and oxygen atoms in total. The topological polar surface area (TPSA) is 54.4 Å². The van der Waals surface area contributed by atoms with E-state index in [1.54, 1.807) is 25.4 Å². The summed E-state index contributed by atoms with van der Waals surface area (Å²) in [4.78, 5) is 4.40. The maximum Gasteiger partial charge on any atom is 0.134 e. The van der Waals surface area contributed by atoms with Crippen LogP contribution in [0.2, 0.25) is 0 Å². The van der Waals surface area contributed by atoms with Crippen LogP contribution in [0.25, 0.3) is 10.8 Å². The Labute approximate surface area is 112 Å². The van der Waals surface area contributed by atoms with E-state index in [1.165, 1.54) is 6.42 Å². The van der Waals surface area contributed by atoms with Crippen molar-refractivity contribution in [2.24, 2.45) is 0 Å². The predicted molar refractivity (Wildman–Crippen MR) is 75.5 cm³/mol. The molecule has 2 N–H and O–H groups in total. The van der Waals surface area contributed by atoms with Gasteiger partial charge in [0.25, 0.3) is 0 Å². The van der Waals surface area contributed by atoms with Gasteiger partial charge in [0.1, 0.15) is 11.6 Å². The van der Waals surface area contributed by atoms with Crippen molar-refractivity contribution < 1.29 is 9.84 Å². The van der Waals surface area contributed by atoms with Crippen molar-refractivity contribution in [2.45, 2.75) is 31.4 Å². The summed E-state index contributed by atoms with van der Waals surface area (Å²) in [6.45, 7) is 0. The van der Waals surface area contributed by atoms with Gasteiger partial charge in [0.15, 0.2) is 0 Å². The lowest BCUT2D eigenvalue weighted by molar-refractivity contribution is 0.101. The fraction of sp³-hybridized carbons (Fsp3) is 0.400. The molecule has 1 aromatic heterocycles. The zero-order chi connectivity index (χ0) is 13.2. The molecule has 4 heteroatoms. The van der Waals surface area contributed by atoms with Crippen molar-refractivity contribution in [3.8, 4) is 5.75 Å². The molecule has 1 aliphatic carbocycles. The summed E-state index contributed by atoms with van der Waals surface area (Å²) in [5.74, 6) is 1.08. The zero-order valence-corrected chi connectivity index (χ0v) is 11.0. The Morgan fingerprint density at radius 3 is 3.05 bits per heavy atom. The number of anilines is 1. The van der Waals surface area contributed by atoms with Crippen molar-refractivity contribution in [3.63, 3.8) is 0 Å². The van der Waals surface area contributed by atoms with Gasteiger partial charge >= 0.3 is 0 Å². The number of rotatable bonds is 3. The SMILES string of the molecule is COC1CCCC1Nc1nccc2ccc(O)cc12. The van der Waals surface area contributed by atoms with E-state index in [2.05, 4.69) is 10.3 Å². The number of ether oxygens (including phenoxy) is 1. The first-order chi connectivity index (χ1) is 9.28. The van der Waals surface area contributed by atoms with Crippen LogP contribution >= 0.6 is 0 Å². The lowest BCUT2D eigenvalue weighted by Crippen LogP contribution is -2.30. The molecule has 1 fully saturated rings. The molecule has 1 heterocycles. The Morgan fingerprint density at radius 1 is 1.32 bits per heavy atom. The van der Waals surface area contributed by atoms with Crippen molar-refractivity contribution in [1.29, 1.82) is 0 Å². The van der Waals surface area contributed by atoms with E-state index in [0.29, 0.717) is 6.04 Å². The largest absolute Gasteiger partial charge is 0.508 e. The van der Waals surface area contributed by atoms with Crippen molar-refractivity contribution >= 4 is 16.6 Å². The highest BCUT2D eigenvalue weighted by Crippen LogP contribution is 2.29. The molecule has 1 aliphatic rings. The minimum absolute atomic E-state index is 0.245. The van der Waals surface area contributed by atoms with Gasteiger partial charge in [0.2, 0.25) is 0 Å². The van der Waals surface area contributed by atoms with Gasteiger partial charge in [-0.3, -0.25) is 0 Å². The third-order valence-electron chi connectivity index (χ3n) is 3.83. The van der Waals surface area contributed by atoms with Crippen LogP contribution in [0, 0.1) is 0 Å². The molecule has 2 atom stereocenters. The van der Waals surface area contributed by atoms with Crippen LogP contribution < -0.4 is 5.32 Å². The van der Waals surface area contributed by atoms with Gasteiger partial charge < -0.3 is 15.2 Å². The van der Waals surface area contributed by atoms with E-state index in [-0.39, 0.29) is 11.9 Å². The number of phenolic OH excluding ortho intramolecular Hbond substituents is 1. The van der Waals surface area contributed by atoms with Crippen LogP contribution in [0.5, 0.6) is 5.75 Å². The summed E-state index contributed by atoms with van der Waals surface area (Å²) >= 11 is 0. The number of fused-ring (bicyclic) bond motifs is 1. The summed E-state index contributed by atoms with van der Waals surface area (Å²) in [5.41, 5.74) is 0. The second kappa shape index (κ2) is 5.05. The normalized spacial score (nSPS) is 22.8. The van der Waals surface area contributed by atoms with Gasteiger partial charge in [-0.05, 0) is 42.8 Å². The molecule has 0 spiro atoms. The summed E-state index contributed by atoms with van der Waals surface area (Å²) in [5, 5.41) is 15.1. The van der Waals surface area contributed by atoms with Crippen LogP contribution in [0.4, 0.5) is 5.82 Å². The monoisotopic (exact) mass is 258 g/mol. The highest BCUT2D eigenvalue weighted by atomic mass is 16.5. The molecule has 100 valence electrons. The second-order valence-electron chi connectivity index (χ2n) is 5.02. The van der Waals surface area contributed by atoms with Gasteiger partial charge in [-0.1, -0.05) is 6.07 Å². The van der Waals surface area contributed by atoms with Crippen molar-refractivity contribution in [3.05, 3.63) is 30.5 Å². The number of pyridine rings is 1. The molecule has 0 amide bonds. The van der Waals surface area contributed by atoms with Gasteiger partial charge in [-0.2, -0.15) is 0 Å². The van der Waals surface area contributed by atoms with Crippen LogP contribution in [0.1, 0.15) is 19.3 Å². The molecule has 0 saturated heterocycles. The van der Waals surface area contributed by atoms with E-state index < -0.39 is 0 Å². The number of phenols is 1. The molecule has 0 aliphatic heterocycles. The lowest BCUT2D eigenvalue weighted by Gasteiger charge is -2.21. The van der Waals surface area contributed by atoms with Crippen LogP contribution in [-0.2, 0) is 4.74 Å². The summed E-state index contributed by atoms with van der Waals surface area (Å²) < 4.78 is 5.49. The number of aromatic nitrogens is 1. The maximum absolute atomic E-state index is 9.63. The van der Waals surface area contributed by atoms with Gasteiger partial charge in [0.05, 0.1) is 12.1 Å². The molecule has 1 saturated carbocycles. The fourth-order valence-corrected chi connectivity index (χ4v) is 2.82. The zero-order valence-electron chi connectivity index (χ0n) is 11.0. The minimum atomic E-state index is 0.245. The molecule has 2 aromatic rings. The van der Waals surface area contributed by atoms with Crippen molar-refractivity contribution in [2.75, 3.05) is 12.4 Å². The van der Waals surface area contributed by atoms with Crippen molar-refractivity contribution in [1.82, 2.24) is 4.98 Å². The molecule has 0 radical (unpaired) electrons. The number of aromatic hydroxyl groups is 1. The Bertz CT molecular complexity index is 585. The standard InChI is InChI=1S/C15H18N2O2/c1-19-14-4-2-3-13(14)17-15-12-9-11(18)6-5-10(12)7-8-16-15/h5-9,13-14,18H,2-4H2,1H3,(H,16,17). The van der Waals surface area contributed by atoms with E-state index in [4.69, 9.17) is 4.74 Å². The Balaban J connectivity index is 1.94. The summed E-state index contributed by atoms with van der Waals surface area (Å²) in [6.07, 6.45) is 5.39. The predicted octanol–water partition coefficient (Wildman–Crippen LogP) is 2.92. The Kier molecular flexibility index (Phi) is 3.25. The maximum atomic E-state index is 9.63. The number of methoxy groups -OCH3 is 1. The lowest BCUT2D eigenvalue weighted by atomic mass is 10.1. The molecule has 0 bridgehead atoms. The van der Waals surface area contributed by atoms with E-state index in [1.807, 2.05) is 12.1 Å². The highest BCUT2D eigenvalue weighted by Gasteiger charge is 2.27. The summed E-state index contributed by atoms with van der Waals surface area (Å²) in [7, 11) is 1.76. The summed E-state index contributed by atoms with van der Waals surface area (Å²) in [6, 6.07) is 7.59. The molecular weight excluding hydrogens is 240 g/mol. The first-order valence-corrected chi connectivity index (χ1v) is 6.65. The third-order valence-corrected chi connectivity index (χ3v) is 3.83. The van der Waals surface area contributed by atoms with E-state index in [9.17, 15) is 5.11 Å².